The van der Waals surface area contributed by atoms with Crippen LogP contribution in [0.15, 0.2) is 29.2 Å². The van der Waals surface area contributed by atoms with E-state index in [9.17, 15) is 0 Å². The van der Waals surface area contributed by atoms with Crippen molar-refractivity contribution in [2.75, 3.05) is 12.3 Å². The van der Waals surface area contributed by atoms with Crippen molar-refractivity contribution in [3.05, 3.63) is 24.3 Å². The standard InChI is InChI=1S/C10H13PS2/c12-10-5-3-9(4-6-10)11(13)7-1-2-8-11/h3-6,12H,1-2,7-8H2. The third-order valence-electron chi connectivity index (χ3n) is 2.61. The van der Waals surface area contributed by atoms with Crippen molar-refractivity contribution in [3.63, 3.8) is 0 Å². The van der Waals surface area contributed by atoms with Gasteiger partial charge < -0.3 is 0 Å². The highest BCUT2D eigenvalue weighted by Gasteiger charge is 2.23. The van der Waals surface area contributed by atoms with Crippen molar-refractivity contribution in [2.24, 2.45) is 0 Å². The third-order valence-corrected chi connectivity index (χ3v) is 7.95. The van der Waals surface area contributed by atoms with E-state index >= 15 is 0 Å². The monoisotopic (exact) mass is 228 g/mol. The zero-order valence-corrected chi connectivity index (χ0v) is 10.0. The Balaban J connectivity index is 2.35. The first-order valence-electron chi connectivity index (χ1n) is 4.58. The first kappa shape index (κ1) is 9.76. The fraction of sp³-hybridized carbons (Fsp3) is 0.400. The largest absolute Gasteiger partial charge is 0.143 e. The highest BCUT2D eigenvalue weighted by atomic mass is 32.4. The van der Waals surface area contributed by atoms with Gasteiger partial charge in [0.05, 0.1) is 0 Å². The van der Waals surface area contributed by atoms with Gasteiger partial charge in [0, 0.05) is 4.90 Å². The second-order valence-corrected chi connectivity index (χ2v) is 9.36. The Kier molecular flexibility index (Phi) is 2.83. The van der Waals surface area contributed by atoms with Crippen LogP contribution in [0.5, 0.6) is 0 Å². The molecule has 0 unspecified atom stereocenters. The molecule has 0 aromatic heterocycles. The number of thiol groups is 1. The fourth-order valence-electron chi connectivity index (χ4n) is 1.83. The molecule has 1 aromatic carbocycles. The summed E-state index contributed by atoms with van der Waals surface area (Å²) >= 11 is 10.0. The predicted molar refractivity (Wildman–Crippen MR) is 66.6 cm³/mol. The van der Waals surface area contributed by atoms with E-state index in [0.717, 1.165) is 4.90 Å². The molecular weight excluding hydrogens is 215 g/mol. The van der Waals surface area contributed by atoms with Gasteiger partial charge in [-0.25, -0.2) is 0 Å². The molecule has 0 N–H and O–H groups in total. The summed E-state index contributed by atoms with van der Waals surface area (Å²) in [6.07, 6.45) is 5.21. The third kappa shape index (κ3) is 2.01. The molecule has 2 rings (SSSR count). The first-order valence-corrected chi connectivity index (χ1v) is 8.20. The second kappa shape index (κ2) is 3.76. The summed E-state index contributed by atoms with van der Waals surface area (Å²) in [4.78, 5) is 1.03. The molecule has 1 fully saturated rings. The van der Waals surface area contributed by atoms with E-state index in [1.165, 1.54) is 30.5 Å². The molecule has 1 aromatic rings. The Bertz CT molecular complexity index is 332. The van der Waals surface area contributed by atoms with E-state index in [1.54, 1.807) is 0 Å². The average Bonchev–Trinajstić information content (AvgIpc) is 2.54. The molecule has 1 heterocycles. The Morgan fingerprint density at radius 1 is 1.08 bits per heavy atom. The van der Waals surface area contributed by atoms with Gasteiger partial charge in [-0.15, -0.1) is 12.6 Å². The van der Waals surface area contributed by atoms with E-state index < -0.39 is 6.04 Å². The lowest BCUT2D eigenvalue weighted by Crippen LogP contribution is -2.04. The lowest BCUT2D eigenvalue weighted by atomic mass is 10.4. The van der Waals surface area contributed by atoms with Crippen LogP contribution in [0.25, 0.3) is 0 Å². The van der Waals surface area contributed by atoms with Crippen molar-refractivity contribution < 1.29 is 0 Å². The molecule has 0 aliphatic carbocycles. The van der Waals surface area contributed by atoms with Crippen molar-refractivity contribution in [1.29, 1.82) is 0 Å². The Morgan fingerprint density at radius 2 is 1.62 bits per heavy atom. The SMILES string of the molecule is S=P1(c2ccc(S)cc2)CCCC1. The van der Waals surface area contributed by atoms with Gasteiger partial charge in [0.25, 0.3) is 0 Å². The molecule has 3 heteroatoms. The van der Waals surface area contributed by atoms with E-state index in [0.29, 0.717) is 0 Å². The van der Waals surface area contributed by atoms with Gasteiger partial charge in [-0.2, -0.15) is 0 Å². The molecule has 0 atom stereocenters. The topological polar surface area (TPSA) is 0 Å². The maximum Gasteiger partial charge on any atom is 0.00404 e. The Hall–Kier alpha value is 0.220. The first-order chi connectivity index (χ1) is 6.21. The fourth-order valence-corrected chi connectivity index (χ4v) is 6.02. The van der Waals surface area contributed by atoms with Gasteiger partial charge in [-0.3, -0.25) is 0 Å². The number of rotatable bonds is 1. The van der Waals surface area contributed by atoms with Crippen molar-refractivity contribution in [2.45, 2.75) is 17.7 Å². The van der Waals surface area contributed by atoms with Crippen LogP contribution in [0.1, 0.15) is 12.8 Å². The zero-order valence-electron chi connectivity index (χ0n) is 7.44. The maximum absolute atomic E-state index is 5.76. The van der Waals surface area contributed by atoms with Crippen LogP contribution < -0.4 is 5.30 Å². The summed E-state index contributed by atoms with van der Waals surface area (Å²) < 4.78 is 0. The van der Waals surface area contributed by atoms with Gasteiger partial charge in [-0.1, -0.05) is 23.9 Å². The normalized spacial score (nSPS) is 20.4. The minimum Gasteiger partial charge on any atom is -0.143 e. The van der Waals surface area contributed by atoms with Gasteiger partial charge in [0.1, 0.15) is 0 Å². The molecule has 0 nitrogen and oxygen atoms in total. The molecule has 0 amide bonds. The Labute approximate surface area is 90.2 Å². The zero-order chi connectivity index (χ0) is 9.31. The molecule has 1 aliphatic heterocycles. The highest BCUT2D eigenvalue weighted by Crippen LogP contribution is 2.51. The number of benzene rings is 1. The van der Waals surface area contributed by atoms with Crippen LogP contribution in [0.2, 0.25) is 0 Å². The summed E-state index contributed by atoms with van der Waals surface area (Å²) in [5.74, 6) is 0. The second-order valence-electron chi connectivity index (χ2n) is 3.56. The van der Waals surface area contributed by atoms with E-state index in [-0.39, 0.29) is 0 Å². The van der Waals surface area contributed by atoms with Crippen LogP contribution in [0.3, 0.4) is 0 Å². The maximum atomic E-state index is 5.76. The highest BCUT2D eigenvalue weighted by molar-refractivity contribution is 8.18. The Morgan fingerprint density at radius 3 is 2.15 bits per heavy atom. The van der Waals surface area contributed by atoms with Crippen LogP contribution in [0, 0.1) is 0 Å². The van der Waals surface area contributed by atoms with Gasteiger partial charge in [0.15, 0.2) is 0 Å². The molecule has 1 aliphatic rings. The quantitative estimate of drug-likeness (QED) is 0.569. The molecule has 1 saturated heterocycles. The average molecular weight is 228 g/mol. The van der Waals surface area contributed by atoms with E-state index in [2.05, 4.69) is 36.9 Å². The summed E-state index contributed by atoms with van der Waals surface area (Å²) in [5.41, 5.74) is 0. The molecule has 0 saturated carbocycles. The smallest absolute Gasteiger partial charge is 0.00404 e. The molecule has 13 heavy (non-hydrogen) atoms. The molecule has 70 valence electrons. The molecule has 0 radical (unpaired) electrons. The minimum absolute atomic E-state index is 1.03. The van der Waals surface area contributed by atoms with E-state index in [1.807, 2.05) is 0 Å². The molecule has 0 bridgehead atoms. The van der Waals surface area contributed by atoms with Crippen LogP contribution in [-0.4, -0.2) is 12.3 Å². The summed E-state index contributed by atoms with van der Waals surface area (Å²) in [6, 6.07) is 7.33. The summed E-state index contributed by atoms with van der Waals surface area (Å²) in [5, 5.41) is 1.41. The van der Waals surface area contributed by atoms with Crippen molar-refractivity contribution in [1.82, 2.24) is 0 Å². The lowest BCUT2D eigenvalue weighted by Gasteiger charge is -2.14. The van der Waals surface area contributed by atoms with Gasteiger partial charge in [0.2, 0.25) is 0 Å². The van der Waals surface area contributed by atoms with Crippen LogP contribution in [0.4, 0.5) is 0 Å². The molecule has 0 spiro atoms. The predicted octanol–water partition coefficient (Wildman–Crippen LogP) is 2.87. The summed E-state index contributed by atoms with van der Waals surface area (Å²) in [7, 11) is 0. The van der Waals surface area contributed by atoms with Crippen LogP contribution in [-0.2, 0) is 11.8 Å². The summed E-state index contributed by atoms with van der Waals surface area (Å²) in [6.45, 7) is 0. The van der Waals surface area contributed by atoms with Crippen molar-refractivity contribution in [3.8, 4) is 0 Å². The van der Waals surface area contributed by atoms with Crippen LogP contribution >= 0.6 is 18.7 Å². The minimum atomic E-state index is -1.14. The van der Waals surface area contributed by atoms with E-state index in [4.69, 9.17) is 11.8 Å². The van der Waals surface area contributed by atoms with Gasteiger partial charge >= 0.3 is 0 Å². The lowest BCUT2D eigenvalue weighted by molar-refractivity contribution is 0.949. The van der Waals surface area contributed by atoms with Gasteiger partial charge in [-0.05, 0) is 48.6 Å². The molecular formula is C10H13PS2. The number of hydrogen-bond acceptors (Lipinski definition) is 2. The van der Waals surface area contributed by atoms with Crippen molar-refractivity contribution >= 4 is 35.8 Å². The number of hydrogen-bond donors (Lipinski definition) is 1.